The third kappa shape index (κ3) is 0.588. The van der Waals surface area contributed by atoms with Crippen LogP contribution >= 0.6 is 0 Å². The van der Waals surface area contributed by atoms with E-state index in [4.69, 9.17) is 0 Å². The first-order chi connectivity index (χ1) is 13.0. The Balaban J connectivity index is 1.02. The Bertz CT molecular complexity index is 1290. The van der Waals surface area contributed by atoms with Crippen LogP contribution in [0.1, 0.15) is 71.6 Å². The van der Waals surface area contributed by atoms with Crippen LogP contribution in [0.15, 0.2) is 22.3 Å². The van der Waals surface area contributed by atoms with Gasteiger partial charge in [-0.05, 0) is 151 Å². The molecule has 10 unspecified atom stereocenters. The first-order valence-electron chi connectivity index (χ1n) is 11.4. The standard InChI is InChI=1S/C26H18/c1-2-6-5(1)9-10(6)14-13(9)17-18(14)22-21(17)25-23-19-15-11-7-3-4-8(7)12(11)16(15)20(19)24(23)26(22)25/h5-8,17-18,21-22,25-26H,1-4H2. The second-order valence-corrected chi connectivity index (χ2v) is 11.6. The normalized spacial score (nSPS) is 56.3. The van der Waals surface area contributed by atoms with Crippen molar-refractivity contribution in [2.24, 2.45) is 35.5 Å². The smallest absolute Gasteiger partial charge is 0.00428 e. The van der Waals surface area contributed by atoms with Gasteiger partial charge in [-0.25, -0.2) is 0 Å². The molecule has 3 aromatic rings. The molecule has 0 heterocycles. The molecule has 4 fully saturated rings. The lowest BCUT2D eigenvalue weighted by Gasteiger charge is -2.82. The summed E-state index contributed by atoms with van der Waals surface area (Å²) in [6.07, 6.45) is 6.07. The van der Waals surface area contributed by atoms with Gasteiger partial charge in [-0.1, -0.05) is 0 Å². The van der Waals surface area contributed by atoms with Crippen LogP contribution in [0.2, 0.25) is 0 Å². The Labute approximate surface area is 151 Å². The molecular formula is C26H18. The molecule has 0 heteroatoms. The van der Waals surface area contributed by atoms with E-state index < -0.39 is 0 Å². The van der Waals surface area contributed by atoms with E-state index in [0.717, 1.165) is 59.2 Å². The van der Waals surface area contributed by atoms with Gasteiger partial charge in [0.05, 0.1) is 0 Å². The highest BCUT2D eigenvalue weighted by Crippen LogP contribution is 2.90. The second-order valence-electron chi connectivity index (χ2n) is 11.6. The van der Waals surface area contributed by atoms with E-state index in [1.54, 1.807) is 0 Å². The van der Waals surface area contributed by atoms with Crippen molar-refractivity contribution in [2.45, 2.75) is 49.4 Å². The van der Waals surface area contributed by atoms with Crippen LogP contribution in [0, 0.1) is 35.5 Å². The van der Waals surface area contributed by atoms with Crippen molar-refractivity contribution in [1.82, 2.24) is 0 Å². The Morgan fingerprint density at radius 3 is 1.23 bits per heavy atom. The van der Waals surface area contributed by atoms with Crippen molar-refractivity contribution in [3.05, 3.63) is 44.5 Å². The minimum Gasteiger partial charge on any atom is -0.0452 e. The maximum absolute atomic E-state index is 1.96. The van der Waals surface area contributed by atoms with Crippen molar-refractivity contribution in [1.29, 1.82) is 0 Å². The molecule has 0 aromatic heterocycles. The van der Waals surface area contributed by atoms with E-state index in [1.807, 2.05) is 66.1 Å². The lowest BCUT2D eigenvalue weighted by molar-refractivity contribution is -0.151. The van der Waals surface area contributed by atoms with Crippen LogP contribution in [0.4, 0.5) is 0 Å². The molecule has 26 heavy (non-hydrogen) atoms. The van der Waals surface area contributed by atoms with Crippen molar-refractivity contribution in [2.75, 3.05) is 0 Å². The summed E-state index contributed by atoms with van der Waals surface area (Å²) in [7, 11) is 0. The summed E-state index contributed by atoms with van der Waals surface area (Å²) >= 11 is 0. The molecule has 122 valence electrons. The molecule has 12 rings (SSSR count). The molecule has 9 aliphatic rings. The average molecular weight is 330 g/mol. The van der Waals surface area contributed by atoms with Gasteiger partial charge in [-0.15, -0.1) is 0 Å². The molecule has 0 aliphatic heterocycles. The van der Waals surface area contributed by atoms with Gasteiger partial charge in [0.25, 0.3) is 0 Å². The van der Waals surface area contributed by atoms with Crippen molar-refractivity contribution < 1.29 is 0 Å². The minimum atomic E-state index is 1.02. The quantitative estimate of drug-likeness (QED) is 0.371. The Morgan fingerprint density at radius 2 is 0.808 bits per heavy atom. The summed E-state index contributed by atoms with van der Waals surface area (Å²) in [6, 6.07) is 0. The average Bonchev–Trinajstić information content (AvgIpc) is 2.55. The van der Waals surface area contributed by atoms with E-state index in [0.29, 0.717) is 0 Å². The zero-order valence-electron chi connectivity index (χ0n) is 14.6. The maximum atomic E-state index is 1.96. The SMILES string of the molecule is C1CC2C3=C(C4=C3C3C4C4C5c6c(c7c8c9c(c8c67)C6CCC96)C5C34)C12. The first kappa shape index (κ1) is 10.7. The van der Waals surface area contributed by atoms with Gasteiger partial charge in [0.2, 0.25) is 0 Å². The highest BCUT2D eigenvalue weighted by atomic mass is 14.8. The molecule has 10 atom stereocenters. The molecule has 0 saturated heterocycles. The van der Waals surface area contributed by atoms with Crippen LogP contribution in [0.3, 0.4) is 0 Å². The first-order valence-corrected chi connectivity index (χ1v) is 11.4. The summed E-state index contributed by atoms with van der Waals surface area (Å²) in [6.45, 7) is 0. The largest absolute Gasteiger partial charge is 0.0452 e. The highest BCUT2D eigenvalue weighted by molar-refractivity contribution is 6.39. The molecule has 0 amide bonds. The molecule has 0 bridgehead atoms. The summed E-state index contributed by atoms with van der Waals surface area (Å²) in [5.74, 6) is 10.5. The number of hydrogen-bond acceptors (Lipinski definition) is 0. The fraction of sp³-hybridized carbons (Fsp3) is 0.538. The third-order valence-electron chi connectivity index (χ3n) is 12.1. The summed E-state index contributed by atoms with van der Waals surface area (Å²) in [5, 5.41) is 7.33. The zero-order valence-corrected chi connectivity index (χ0v) is 14.6. The molecule has 3 aromatic carbocycles. The van der Waals surface area contributed by atoms with E-state index in [-0.39, 0.29) is 0 Å². The molecule has 9 aliphatic carbocycles. The van der Waals surface area contributed by atoms with Crippen molar-refractivity contribution in [3.63, 3.8) is 0 Å². The molecule has 4 saturated carbocycles. The van der Waals surface area contributed by atoms with E-state index in [2.05, 4.69) is 0 Å². The number of rotatable bonds is 0. The van der Waals surface area contributed by atoms with Gasteiger partial charge in [0.15, 0.2) is 0 Å². The third-order valence-corrected chi connectivity index (χ3v) is 12.1. The van der Waals surface area contributed by atoms with Crippen LogP contribution in [-0.2, 0) is 0 Å². The second kappa shape index (κ2) is 2.52. The fourth-order valence-electron chi connectivity index (χ4n) is 11.0. The van der Waals surface area contributed by atoms with E-state index in [1.165, 1.54) is 25.7 Å². The predicted molar refractivity (Wildman–Crippen MR) is 99.4 cm³/mol. The van der Waals surface area contributed by atoms with Crippen LogP contribution in [0.5, 0.6) is 0 Å². The van der Waals surface area contributed by atoms with Crippen LogP contribution < -0.4 is 0 Å². The zero-order chi connectivity index (χ0) is 15.5. The van der Waals surface area contributed by atoms with Gasteiger partial charge >= 0.3 is 0 Å². The summed E-state index contributed by atoms with van der Waals surface area (Å²) < 4.78 is 0. The Kier molecular flexibility index (Phi) is 1.04. The fourth-order valence-corrected chi connectivity index (χ4v) is 11.0. The molecule has 0 N–H and O–H groups in total. The lowest BCUT2D eigenvalue weighted by atomic mass is 9.21. The van der Waals surface area contributed by atoms with E-state index in [9.17, 15) is 0 Å². The lowest BCUT2D eigenvalue weighted by Crippen LogP contribution is -2.74. The topological polar surface area (TPSA) is 0 Å². The molecular weight excluding hydrogens is 312 g/mol. The van der Waals surface area contributed by atoms with Crippen molar-refractivity contribution >= 4 is 21.5 Å². The van der Waals surface area contributed by atoms with Gasteiger partial charge < -0.3 is 0 Å². The van der Waals surface area contributed by atoms with Gasteiger partial charge in [-0.3, -0.25) is 0 Å². The van der Waals surface area contributed by atoms with E-state index >= 15 is 0 Å². The number of fused-ring (bicyclic) bond motifs is 29. The number of allylic oxidation sites excluding steroid dienone is 4. The highest BCUT2D eigenvalue weighted by Gasteiger charge is 2.80. The summed E-state index contributed by atoms with van der Waals surface area (Å²) in [4.78, 5) is 0. The van der Waals surface area contributed by atoms with Crippen LogP contribution in [-0.4, -0.2) is 0 Å². The van der Waals surface area contributed by atoms with Crippen LogP contribution in [0.25, 0.3) is 21.5 Å². The maximum Gasteiger partial charge on any atom is -0.00428 e. The van der Waals surface area contributed by atoms with Gasteiger partial charge in [-0.2, -0.15) is 0 Å². The molecule has 0 nitrogen and oxygen atoms in total. The molecule has 0 spiro atoms. The van der Waals surface area contributed by atoms with Crippen molar-refractivity contribution in [3.8, 4) is 0 Å². The summed E-state index contributed by atoms with van der Waals surface area (Å²) in [5.41, 5.74) is 15.4. The minimum absolute atomic E-state index is 1.02. The Hall–Kier alpha value is -1.56. The molecule has 0 radical (unpaired) electrons. The number of benzene rings is 2. The monoisotopic (exact) mass is 330 g/mol. The van der Waals surface area contributed by atoms with Gasteiger partial charge in [0.1, 0.15) is 0 Å². The predicted octanol–water partition coefficient (Wildman–Crippen LogP) is 5.61. The Morgan fingerprint density at radius 1 is 0.385 bits per heavy atom. The van der Waals surface area contributed by atoms with Gasteiger partial charge in [0, 0.05) is 0 Å². The number of hydrogen-bond donors (Lipinski definition) is 0.